The normalized spacial score (nSPS) is 22.3. The van der Waals surface area contributed by atoms with Crippen molar-refractivity contribution >= 4 is 16.1 Å². The summed E-state index contributed by atoms with van der Waals surface area (Å²) in [6, 6.07) is 8.21. The first-order valence-corrected chi connectivity index (χ1v) is 10.1. The van der Waals surface area contributed by atoms with Crippen LogP contribution in [0.3, 0.4) is 0 Å². The highest BCUT2D eigenvalue weighted by atomic mass is 32.2. The van der Waals surface area contributed by atoms with Gasteiger partial charge in [-0.15, -0.1) is 0 Å². The standard InChI is InChI=1S/C18H26N2O2S/c1-2-20(17-8-5-12-19-13-11-17)23(21,22)18-10-9-15-6-3-4-7-16(15)14-18/h3-4,6-7,14,17,19H,2,5,8-13H2,1H3. The zero-order valence-electron chi connectivity index (χ0n) is 13.8. The Kier molecular flexibility index (Phi) is 5.19. The minimum Gasteiger partial charge on any atom is -0.317 e. The molecule has 23 heavy (non-hydrogen) atoms. The van der Waals surface area contributed by atoms with Gasteiger partial charge in [0.15, 0.2) is 0 Å². The van der Waals surface area contributed by atoms with Gasteiger partial charge in [-0.25, -0.2) is 8.42 Å². The molecule has 1 N–H and O–H groups in total. The number of nitrogens with zero attached hydrogens (tertiary/aromatic N) is 1. The van der Waals surface area contributed by atoms with Crippen molar-refractivity contribution in [1.29, 1.82) is 0 Å². The van der Waals surface area contributed by atoms with E-state index in [-0.39, 0.29) is 6.04 Å². The van der Waals surface area contributed by atoms with Crippen molar-refractivity contribution in [2.75, 3.05) is 19.6 Å². The molecule has 0 spiro atoms. The molecule has 0 bridgehead atoms. The van der Waals surface area contributed by atoms with Gasteiger partial charge in [-0.3, -0.25) is 0 Å². The predicted molar refractivity (Wildman–Crippen MR) is 94.5 cm³/mol. The van der Waals surface area contributed by atoms with E-state index < -0.39 is 10.0 Å². The molecule has 1 aromatic carbocycles. The number of nitrogens with one attached hydrogen (secondary N) is 1. The molecule has 1 aliphatic carbocycles. The van der Waals surface area contributed by atoms with Crippen molar-refractivity contribution in [1.82, 2.24) is 9.62 Å². The summed E-state index contributed by atoms with van der Waals surface area (Å²) >= 11 is 0. The fourth-order valence-corrected chi connectivity index (χ4v) is 5.55. The van der Waals surface area contributed by atoms with Crippen LogP contribution in [0.2, 0.25) is 0 Å². The Morgan fingerprint density at radius 1 is 1.17 bits per heavy atom. The predicted octanol–water partition coefficient (Wildman–Crippen LogP) is 2.77. The molecule has 126 valence electrons. The van der Waals surface area contributed by atoms with Crippen LogP contribution in [0.1, 0.15) is 43.7 Å². The monoisotopic (exact) mass is 334 g/mol. The zero-order valence-corrected chi connectivity index (χ0v) is 14.6. The maximum Gasteiger partial charge on any atom is 0.239 e. The van der Waals surface area contributed by atoms with Crippen LogP contribution < -0.4 is 5.32 Å². The molecule has 1 aliphatic heterocycles. The van der Waals surface area contributed by atoms with Crippen LogP contribution in [0.25, 0.3) is 6.08 Å². The van der Waals surface area contributed by atoms with Gasteiger partial charge in [0.25, 0.3) is 0 Å². The molecule has 0 saturated carbocycles. The van der Waals surface area contributed by atoms with Gasteiger partial charge in [0.2, 0.25) is 10.0 Å². The lowest BCUT2D eigenvalue weighted by atomic mass is 9.98. The van der Waals surface area contributed by atoms with Crippen LogP contribution in [0.15, 0.2) is 29.2 Å². The topological polar surface area (TPSA) is 49.4 Å². The van der Waals surface area contributed by atoms with E-state index >= 15 is 0 Å². The maximum atomic E-state index is 13.2. The SMILES string of the molecule is CCN(C1CCCNCC1)S(=O)(=O)C1=Cc2ccccc2CC1. The second-order valence-corrected chi connectivity index (χ2v) is 8.30. The quantitative estimate of drug-likeness (QED) is 0.921. The number of allylic oxidation sites excluding steroid dienone is 1. The van der Waals surface area contributed by atoms with E-state index in [1.54, 1.807) is 4.31 Å². The summed E-state index contributed by atoms with van der Waals surface area (Å²) in [5.74, 6) is 0. The van der Waals surface area contributed by atoms with Gasteiger partial charge in [-0.1, -0.05) is 31.2 Å². The van der Waals surface area contributed by atoms with Gasteiger partial charge in [-0.2, -0.15) is 4.31 Å². The average molecular weight is 334 g/mol. The van der Waals surface area contributed by atoms with E-state index in [4.69, 9.17) is 0 Å². The number of fused-ring (bicyclic) bond motifs is 1. The molecule has 0 radical (unpaired) electrons. The smallest absolute Gasteiger partial charge is 0.239 e. The van der Waals surface area contributed by atoms with Gasteiger partial charge in [0.1, 0.15) is 0 Å². The highest BCUT2D eigenvalue weighted by Crippen LogP contribution is 2.30. The first-order chi connectivity index (χ1) is 11.1. The summed E-state index contributed by atoms with van der Waals surface area (Å²) in [5, 5.41) is 3.36. The number of aryl methyl sites for hydroxylation is 1. The minimum atomic E-state index is -3.37. The summed E-state index contributed by atoms with van der Waals surface area (Å²) < 4.78 is 28.1. The summed E-state index contributed by atoms with van der Waals surface area (Å²) in [6.45, 7) is 4.39. The lowest BCUT2D eigenvalue weighted by molar-refractivity contribution is 0.310. The first kappa shape index (κ1) is 16.7. The maximum absolute atomic E-state index is 13.2. The Bertz CT molecular complexity index is 674. The second kappa shape index (κ2) is 7.16. The van der Waals surface area contributed by atoms with Gasteiger partial charge < -0.3 is 5.32 Å². The Hall–Kier alpha value is -1.17. The molecule has 3 rings (SSSR count). The van der Waals surface area contributed by atoms with Crippen LogP contribution in [-0.4, -0.2) is 38.4 Å². The summed E-state index contributed by atoms with van der Waals surface area (Å²) in [7, 11) is -3.37. The fraction of sp³-hybridized carbons (Fsp3) is 0.556. The van der Waals surface area contributed by atoms with Gasteiger partial charge >= 0.3 is 0 Å². The molecule has 1 saturated heterocycles. The number of sulfonamides is 1. The average Bonchev–Trinajstić information content (AvgIpc) is 2.84. The van der Waals surface area contributed by atoms with Crippen LogP contribution in [0.4, 0.5) is 0 Å². The van der Waals surface area contributed by atoms with Crippen LogP contribution >= 0.6 is 0 Å². The number of rotatable bonds is 4. The first-order valence-electron chi connectivity index (χ1n) is 8.64. The Morgan fingerprint density at radius 2 is 2.00 bits per heavy atom. The molecule has 2 aliphatic rings. The third-order valence-corrected chi connectivity index (χ3v) is 7.08. The Balaban J connectivity index is 1.89. The Morgan fingerprint density at radius 3 is 2.83 bits per heavy atom. The number of hydrogen-bond acceptors (Lipinski definition) is 3. The van der Waals surface area contributed by atoms with Gasteiger partial charge in [-0.05, 0) is 62.4 Å². The zero-order chi connectivity index (χ0) is 16.3. The van der Waals surface area contributed by atoms with Crippen molar-refractivity contribution < 1.29 is 8.42 Å². The van der Waals surface area contributed by atoms with E-state index in [0.29, 0.717) is 17.9 Å². The van der Waals surface area contributed by atoms with Gasteiger partial charge in [0, 0.05) is 12.6 Å². The van der Waals surface area contributed by atoms with Crippen LogP contribution in [-0.2, 0) is 16.4 Å². The van der Waals surface area contributed by atoms with Crippen molar-refractivity contribution in [3.05, 3.63) is 40.3 Å². The third-order valence-electron chi connectivity index (χ3n) is 4.92. The van der Waals surface area contributed by atoms with Crippen molar-refractivity contribution in [2.45, 2.75) is 45.1 Å². The number of hydrogen-bond donors (Lipinski definition) is 1. The molecular formula is C18H26N2O2S. The van der Waals surface area contributed by atoms with Crippen molar-refractivity contribution in [3.8, 4) is 0 Å². The molecule has 0 aromatic heterocycles. The largest absolute Gasteiger partial charge is 0.317 e. The molecule has 5 heteroatoms. The molecule has 1 atom stereocenters. The van der Waals surface area contributed by atoms with E-state index in [1.807, 2.05) is 31.2 Å². The molecular weight excluding hydrogens is 308 g/mol. The van der Waals surface area contributed by atoms with E-state index in [1.165, 1.54) is 5.56 Å². The van der Waals surface area contributed by atoms with Crippen LogP contribution in [0, 0.1) is 0 Å². The van der Waals surface area contributed by atoms with E-state index in [0.717, 1.165) is 44.3 Å². The van der Waals surface area contributed by atoms with Gasteiger partial charge in [0.05, 0.1) is 4.91 Å². The lowest BCUT2D eigenvalue weighted by Crippen LogP contribution is -2.41. The Labute approximate surface area is 139 Å². The second-order valence-electron chi connectivity index (χ2n) is 6.35. The third kappa shape index (κ3) is 3.52. The summed E-state index contributed by atoms with van der Waals surface area (Å²) in [6.07, 6.45) is 6.19. The van der Waals surface area contributed by atoms with Crippen molar-refractivity contribution in [3.63, 3.8) is 0 Å². The highest BCUT2D eigenvalue weighted by Gasteiger charge is 2.32. The van der Waals surface area contributed by atoms with Crippen molar-refractivity contribution in [2.24, 2.45) is 0 Å². The summed E-state index contributed by atoms with van der Waals surface area (Å²) in [5.41, 5.74) is 2.30. The molecule has 1 fully saturated rings. The molecule has 1 aromatic rings. The molecule has 4 nitrogen and oxygen atoms in total. The minimum absolute atomic E-state index is 0.123. The number of benzene rings is 1. The lowest BCUT2D eigenvalue weighted by Gasteiger charge is -2.31. The summed E-state index contributed by atoms with van der Waals surface area (Å²) in [4.78, 5) is 0.579. The van der Waals surface area contributed by atoms with E-state index in [2.05, 4.69) is 11.4 Å². The molecule has 0 amide bonds. The van der Waals surface area contributed by atoms with E-state index in [9.17, 15) is 8.42 Å². The molecule has 1 unspecified atom stereocenters. The highest BCUT2D eigenvalue weighted by molar-refractivity contribution is 7.93. The van der Waals surface area contributed by atoms with Crippen LogP contribution in [0.5, 0.6) is 0 Å². The molecule has 1 heterocycles. The fourth-order valence-electron chi connectivity index (χ4n) is 3.67.